The molecule has 7 nitrogen and oxygen atoms in total. The smallest absolute Gasteiger partial charge is 0.164 e. The van der Waals surface area contributed by atoms with Crippen LogP contribution < -0.4 is 0 Å². The van der Waals surface area contributed by atoms with E-state index in [1.54, 1.807) is 11.3 Å². The van der Waals surface area contributed by atoms with E-state index in [0.29, 0.717) is 23.3 Å². The van der Waals surface area contributed by atoms with Gasteiger partial charge >= 0.3 is 0 Å². The van der Waals surface area contributed by atoms with E-state index < -0.39 is 0 Å². The van der Waals surface area contributed by atoms with Crippen LogP contribution >= 0.6 is 11.3 Å². The first-order chi connectivity index (χ1) is 31.2. The van der Waals surface area contributed by atoms with E-state index in [2.05, 4.69) is 126 Å². The summed E-state index contributed by atoms with van der Waals surface area (Å²) in [5.74, 6) is 2.51. The highest BCUT2D eigenvalue weighted by atomic mass is 32.1. The lowest BCUT2D eigenvalue weighted by molar-refractivity contribution is 0.669. The second-order valence-electron chi connectivity index (χ2n) is 15.7. The van der Waals surface area contributed by atoms with Crippen LogP contribution in [0.3, 0.4) is 0 Å². The molecule has 0 aliphatic carbocycles. The third-order valence-corrected chi connectivity index (χ3v) is 13.0. The molecule has 0 unspecified atom stereocenters. The Kier molecular flexibility index (Phi) is 7.94. The molecule has 0 N–H and O–H groups in total. The average molecular weight is 825 g/mol. The maximum absolute atomic E-state index is 6.61. The average Bonchev–Trinajstić information content (AvgIpc) is 4.03. The van der Waals surface area contributed by atoms with Crippen molar-refractivity contribution in [2.45, 2.75) is 0 Å². The Morgan fingerprint density at radius 1 is 0.365 bits per heavy atom. The normalized spacial score (nSPS) is 11.8. The van der Waals surface area contributed by atoms with Crippen LogP contribution in [0.2, 0.25) is 0 Å². The predicted molar refractivity (Wildman–Crippen MR) is 257 cm³/mol. The maximum atomic E-state index is 6.61. The fraction of sp³-hybridized carbons (Fsp3) is 0. The summed E-state index contributed by atoms with van der Waals surface area (Å²) in [7, 11) is 0. The largest absolute Gasteiger partial charge is 0.456 e. The minimum absolute atomic E-state index is 0.596. The Morgan fingerprint density at radius 2 is 0.937 bits per heavy atom. The van der Waals surface area contributed by atoms with Gasteiger partial charge in [0, 0.05) is 65.1 Å². The van der Waals surface area contributed by atoms with Crippen LogP contribution in [0.4, 0.5) is 0 Å². The van der Waals surface area contributed by atoms with Crippen LogP contribution in [0.1, 0.15) is 0 Å². The Balaban J connectivity index is 0.962. The number of aromatic nitrogens is 6. The molecule has 63 heavy (non-hydrogen) atoms. The van der Waals surface area contributed by atoms with E-state index in [0.717, 1.165) is 87.8 Å². The molecule has 0 saturated heterocycles. The standard InChI is InChI=1S/C55H32N6OS/c1-4-14-33(15-5-1)52-58-53(34-16-6-2-7-17-34)60-55(59-52)36-26-29-46-43(30-36)41-28-24-35(32-47(41)62-46)49-51-50(42-21-11-13-23-48(42)63-51)57-54(56-49)37-25-27-40-39-20-10-12-22-44(39)61(45(40)31-37)38-18-8-3-9-19-38/h1-32H. The van der Waals surface area contributed by atoms with Gasteiger partial charge in [-0.2, -0.15) is 0 Å². The summed E-state index contributed by atoms with van der Waals surface area (Å²) in [5.41, 5.74) is 11.4. The van der Waals surface area contributed by atoms with Crippen LogP contribution in [0.15, 0.2) is 199 Å². The summed E-state index contributed by atoms with van der Waals surface area (Å²) < 4.78 is 11.2. The molecule has 294 valence electrons. The van der Waals surface area contributed by atoms with E-state index in [1.165, 1.54) is 15.5 Å². The fourth-order valence-electron chi connectivity index (χ4n) is 8.88. The van der Waals surface area contributed by atoms with Crippen LogP contribution in [-0.2, 0) is 0 Å². The molecular formula is C55H32N6OS. The number of thiophene rings is 1. The van der Waals surface area contributed by atoms with Gasteiger partial charge in [-0.1, -0.05) is 133 Å². The first kappa shape index (κ1) is 35.4. The highest BCUT2D eigenvalue weighted by Crippen LogP contribution is 2.42. The lowest BCUT2D eigenvalue weighted by Gasteiger charge is -2.10. The number of fused-ring (bicyclic) bond motifs is 9. The van der Waals surface area contributed by atoms with Gasteiger partial charge in [-0.3, -0.25) is 0 Å². The Hall–Kier alpha value is -8.33. The lowest BCUT2D eigenvalue weighted by Crippen LogP contribution is -2.00. The van der Waals surface area contributed by atoms with E-state index in [-0.39, 0.29) is 0 Å². The molecule has 8 aromatic carbocycles. The van der Waals surface area contributed by atoms with Gasteiger partial charge in [-0.05, 0) is 60.7 Å². The number of furan rings is 1. The van der Waals surface area contributed by atoms with Crippen molar-refractivity contribution in [1.82, 2.24) is 29.5 Å². The second-order valence-corrected chi connectivity index (χ2v) is 16.7. The zero-order chi connectivity index (χ0) is 41.4. The quantitative estimate of drug-likeness (QED) is 0.166. The highest BCUT2D eigenvalue weighted by molar-refractivity contribution is 7.26. The molecule has 0 bridgehead atoms. The van der Waals surface area contributed by atoms with Crippen LogP contribution in [0, 0.1) is 0 Å². The van der Waals surface area contributed by atoms with Gasteiger partial charge in [-0.15, -0.1) is 11.3 Å². The van der Waals surface area contributed by atoms with Crippen molar-refractivity contribution in [2.24, 2.45) is 0 Å². The molecule has 0 amide bonds. The van der Waals surface area contributed by atoms with Crippen molar-refractivity contribution in [1.29, 1.82) is 0 Å². The summed E-state index contributed by atoms with van der Waals surface area (Å²) in [6.07, 6.45) is 0. The highest BCUT2D eigenvalue weighted by Gasteiger charge is 2.21. The van der Waals surface area contributed by atoms with Crippen LogP contribution in [0.5, 0.6) is 0 Å². The number of hydrogen-bond donors (Lipinski definition) is 0. The van der Waals surface area contributed by atoms with Gasteiger partial charge in [0.25, 0.3) is 0 Å². The zero-order valence-electron chi connectivity index (χ0n) is 33.5. The molecule has 5 heterocycles. The third-order valence-electron chi connectivity index (χ3n) is 11.9. The number of para-hydroxylation sites is 2. The molecule has 0 fully saturated rings. The summed E-state index contributed by atoms with van der Waals surface area (Å²) in [6.45, 7) is 0. The maximum Gasteiger partial charge on any atom is 0.164 e. The monoisotopic (exact) mass is 824 g/mol. The Bertz CT molecular complexity index is 3860. The van der Waals surface area contributed by atoms with E-state index in [4.69, 9.17) is 29.3 Å². The predicted octanol–water partition coefficient (Wildman–Crippen LogP) is 14.4. The lowest BCUT2D eigenvalue weighted by atomic mass is 10.0. The van der Waals surface area contributed by atoms with Crippen LogP contribution in [0.25, 0.3) is 127 Å². The second kappa shape index (κ2) is 14.1. The number of rotatable bonds is 6. The molecule has 0 atom stereocenters. The molecule has 13 rings (SSSR count). The minimum atomic E-state index is 0.596. The Morgan fingerprint density at radius 3 is 1.70 bits per heavy atom. The molecule has 0 saturated carbocycles. The van der Waals surface area contributed by atoms with Crippen LogP contribution in [-0.4, -0.2) is 29.5 Å². The summed E-state index contributed by atoms with van der Waals surface area (Å²) in [4.78, 5) is 25.6. The molecule has 0 spiro atoms. The summed E-state index contributed by atoms with van der Waals surface area (Å²) in [6, 6.07) is 66.8. The Labute approximate surface area is 364 Å². The van der Waals surface area contributed by atoms with Gasteiger partial charge in [-0.25, -0.2) is 24.9 Å². The van der Waals surface area contributed by atoms with E-state index >= 15 is 0 Å². The first-order valence-electron chi connectivity index (χ1n) is 20.8. The molecule has 8 heteroatoms. The van der Waals surface area contributed by atoms with Crippen molar-refractivity contribution in [3.05, 3.63) is 194 Å². The van der Waals surface area contributed by atoms with E-state index in [9.17, 15) is 0 Å². The number of hydrogen-bond acceptors (Lipinski definition) is 7. The summed E-state index contributed by atoms with van der Waals surface area (Å²) >= 11 is 1.72. The van der Waals surface area contributed by atoms with Gasteiger partial charge in [0.1, 0.15) is 11.2 Å². The minimum Gasteiger partial charge on any atom is -0.456 e. The topological polar surface area (TPSA) is 82.5 Å². The molecule has 0 radical (unpaired) electrons. The number of benzene rings is 8. The SMILES string of the molecule is c1ccc(-c2nc(-c3ccccc3)nc(-c3ccc4oc5cc(-c6nc(-c7ccc8c9ccccc9n(-c9ccccc9)c8c7)nc7c6sc6ccccc67)ccc5c4c3)n2)cc1. The number of nitrogens with zero attached hydrogens (tertiary/aromatic N) is 6. The third kappa shape index (κ3) is 5.84. The molecule has 13 aromatic rings. The van der Waals surface area contributed by atoms with Crippen molar-refractivity contribution in [2.75, 3.05) is 0 Å². The molecule has 0 aliphatic rings. The van der Waals surface area contributed by atoms with Gasteiger partial charge < -0.3 is 8.98 Å². The van der Waals surface area contributed by atoms with Gasteiger partial charge in [0.2, 0.25) is 0 Å². The first-order valence-corrected chi connectivity index (χ1v) is 21.6. The van der Waals surface area contributed by atoms with Crippen molar-refractivity contribution < 1.29 is 4.42 Å². The zero-order valence-corrected chi connectivity index (χ0v) is 34.3. The van der Waals surface area contributed by atoms with E-state index in [1.807, 2.05) is 72.8 Å². The van der Waals surface area contributed by atoms with Crippen molar-refractivity contribution in [3.8, 4) is 62.5 Å². The van der Waals surface area contributed by atoms with Gasteiger partial charge in [0.15, 0.2) is 23.3 Å². The molecular weight excluding hydrogens is 793 g/mol. The van der Waals surface area contributed by atoms with Crippen molar-refractivity contribution >= 4 is 75.4 Å². The van der Waals surface area contributed by atoms with Crippen molar-refractivity contribution in [3.63, 3.8) is 0 Å². The fourth-order valence-corrected chi connectivity index (χ4v) is 10.0. The molecule has 0 aliphatic heterocycles. The summed E-state index contributed by atoms with van der Waals surface area (Å²) in [5, 5.41) is 5.48. The molecule has 5 aromatic heterocycles. The van der Waals surface area contributed by atoms with Gasteiger partial charge in [0.05, 0.1) is 26.9 Å².